The van der Waals surface area contributed by atoms with Crippen molar-refractivity contribution >= 4 is 10.8 Å². The maximum atomic E-state index is 13.0. The SMILES string of the molecule is O=c1n(CC2=CO2)c(=O)n(-c2ccc3ccccc3c2)c(=O)n1CC1CO1. The van der Waals surface area contributed by atoms with Gasteiger partial charge in [0.1, 0.15) is 6.26 Å². The molecule has 1 fully saturated rings. The largest absolute Gasteiger partial charge is 0.461 e. The number of aromatic nitrogens is 3. The van der Waals surface area contributed by atoms with E-state index >= 15 is 0 Å². The minimum Gasteiger partial charge on any atom is -0.461 e. The molecule has 0 saturated carbocycles. The molecule has 1 unspecified atom stereocenters. The van der Waals surface area contributed by atoms with Crippen molar-refractivity contribution in [1.82, 2.24) is 13.7 Å². The van der Waals surface area contributed by atoms with E-state index in [9.17, 15) is 14.4 Å². The number of benzene rings is 2. The van der Waals surface area contributed by atoms with Crippen LogP contribution < -0.4 is 17.1 Å². The predicted molar refractivity (Wildman–Crippen MR) is 97.0 cm³/mol. The van der Waals surface area contributed by atoms with Crippen molar-refractivity contribution in [3.8, 4) is 5.69 Å². The number of ether oxygens (including phenoxy) is 2. The van der Waals surface area contributed by atoms with E-state index in [4.69, 9.17) is 9.47 Å². The fourth-order valence-corrected chi connectivity index (χ4v) is 3.11. The monoisotopic (exact) mass is 365 g/mol. The Morgan fingerprint density at radius 2 is 1.63 bits per heavy atom. The van der Waals surface area contributed by atoms with Crippen molar-refractivity contribution < 1.29 is 9.47 Å². The summed E-state index contributed by atoms with van der Waals surface area (Å²) in [6.45, 7) is 0.609. The first-order valence-corrected chi connectivity index (χ1v) is 8.55. The molecule has 136 valence electrons. The molecule has 0 aliphatic carbocycles. The summed E-state index contributed by atoms with van der Waals surface area (Å²) in [7, 11) is 0. The highest BCUT2D eigenvalue weighted by Crippen LogP contribution is 2.17. The molecule has 0 spiro atoms. The molecule has 2 aromatic carbocycles. The van der Waals surface area contributed by atoms with Crippen molar-refractivity contribution in [2.24, 2.45) is 0 Å². The molecular formula is C19H15N3O5. The van der Waals surface area contributed by atoms with E-state index < -0.39 is 17.1 Å². The molecule has 0 N–H and O–H groups in total. The maximum Gasteiger partial charge on any atom is 0.341 e. The van der Waals surface area contributed by atoms with E-state index in [1.165, 1.54) is 6.26 Å². The van der Waals surface area contributed by atoms with Crippen LogP contribution in [0.2, 0.25) is 0 Å². The number of epoxide rings is 1. The first-order valence-electron chi connectivity index (χ1n) is 8.55. The average Bonchev–Trinajstić information content (AvgIpc) is 3.58. The third-order valence-electron chi connectivity index (χ3n) is 4.68. The number of nitrogens with zero attached hydrogens (tertiary/aromatic N) is 3. The first kappa shape index (κ1) is 15.8. The normalized spacial score (nSPS) is 17.5. The molecule has 3 aromatic rings. The summed E-state index contributed by atoms with van der Waals surface area (Å²) < 4.78 is 13.2. The summed E-state index contributed by atoms with van der Waals surface area (Å²) in [6.07, 6.45) is 1.29. The van der Waals surface area contributed by atoms with Gasteiger partial charge in [-0.2, -0.15) is 0 Å². The lowest BCUT2D eigenvalue weighted by molar-refractivity contribution is 0.363. The van der Waals surface area contributed by atoms with Crippen LogP contribution in [0.15, 0.2) is 68.9 Å². The van der Waals surface area contributed by atoms with Crippen molar-refractivity contribution in [1.29, 1.82) is 0 Å². The maximum absolute atomic E-state index is 13.0. The minimum atomic E-state index is -0.690. The lowest BCUT2D eigenvalue weighted by Gasteiger charge is -2.13. The van der Waals surface area contributed by atoms with Gasteiger partial charge < -0.3 is 9.47 Å². The Labute approximate surface area is 152 Å². The molecule has 1 atom stereocenters. The molecule has 2 aliphatic rings. The van der Waals surface area contributed by atoms with Gasteiger partial charge in [0.15, 0.2) is 5.76 Å². The molecular weight excluding hydrogens is 350 g/mol. The van der Waals surface area contributed by atoms with Gasteiger partial charge in [0, 0.05) is 0 Å². The van der Waals surface area contributed by atoms with Gasteiger partial charge in [-0.25, -0.2) is 28.1 Å². The van der Waals surface area contributed by atoms with E-state index in [0.29, 0.717) is 18.1 Å². The molecule has 8 heteroatoms. The zero-order valence-corrected chi connectivity index (χ0v) is 14.2. The van der Waals surface area contributed by atoms with Gasteiger partial charge in [-0.3, -0.25) is 0 Å². The van der Waals surface area contributed by atoms with Crippen LogP contribution in [0.4, 0.5) is 0 Å². The fraction of sp³-hybridized carbons (Fsp3) is 0.211. The van der Waals surface area contributed by atoms with E-state index in [-0.39, 0.29) is 19.2 Å². The number of hydrogen-bond acceptors (Lipinski definition) is 5. The quantitative estimate of drug-likeness (QED) is 0.617. The van der Waals surface area contributed by atoms with Gasteiger partial charge in [0.25, 0.3) is 0 Å². The van der Waals surface area contributed by atoms with Gasteiger partial charge in [0.2, 0.25) is 0 Å². The lowest BCUT2D eigenvalue weighted by atomic mass is 10.1. The van der Waals surface area contributed by atoms with Crippen molar-refractivity contribution in [2.45, 2.75) is 19.2 Å². The Kier molecular flexibility index (Phi) is 3.41. The Bertz CT molecular complexity index is 1280. The summed E-state index contributed by atoms with van der Waals surface area (Å²) in [5.41, 5.74) is -1.61. The van der Waals surface area contributed by atoms with E-state index in [2.05, 4.69) is 0 Å². The molecule has 27 heavy (non-hydrogen) atoms. The minimum absolute atomic E-state index is 0.00292. The standard InChI is InChI=1S/C19H15N3O5/c23-17-20(8-15-10-26-15)18(24)22(19(25)21(17)9-16-11-27-16)14-6-5-12-3-1-2-4-13(12)7-14/h1-7,10,16H,8-9,11H2. The van der Waals surface area contributed by atoms with Gasteiger partial charge in [-0.1, -0.05) is 30.3 Å². The summed E-state index contributed by atoms with van der Waals surface area (Å²) in [4.78, 5) is 38.6. The summed E-state index contributed by atoms with van der Waals surface area (Å²) in [5.74, 6) is 0.520. The molecule has 1 aromatic heterocycles. The molecule has 2 aliphatic heterocycles. The highest BCUT2D eigenvalue weighted by Gasteiger charge is 2.27. The Morgan fingerprint density at radius 1 is 0.926 bits per heavy atom. The molecule has 8 nitrogen and oxygen atoms in total. The second-order valence-corrected chi connectivity index (χ2v) is 6.57. The molecule has 3 heterocycles. The van der Waals surface area contributed by atoms with E-state index in [0.717, 1.165) is 24.5 Å². The molecule has 0 radical (unpaired) electrons. The van der Waals surface area contributed by atoms with Gasteiger partial charge in [-0.15, -0.1) is 0 Å². The van der Waals surface area contributed by atoms with Crippen molar-refractivity contribution in [3.63, 3.8) is 0 Å². The zero-order valence-electron chi connectivity index (χ0n) is 14.2. The fourth-order valence-electron chi connectivity index (χ4n) is 3.11. The van der Waals surface area contributed by atoms with Crippen LogP contribution in [-0.2, 0) is 22.6 Å². The van der Waals surface area contributed by atoms with Gasteiger partial charge >= 0.3 is 17.1 Å². The smallest absolute Gasteiger partial charge is 0.341 e. The molecule has 5 rings (SSSR count). The summed E-state index contributed by atoms with van der Waals surface area (Å²) in [6, 6.07) is 13.0. The van der Waals surface area contributed by atoms with Crippen LogP contribution >= 0.6 is 0 Å². The van der Waals surface area contributed by atoms with E-state index in [1.54, 1.807) is 12.1 Å². The number of hydrogen-bond donors (Lipinski definition) is 0. The Balaban J connectivity index is 1.76. The number of rotatable bonds is 5. The Morgan fingerprint density at radius 3 is 2.33 bits per heavy atom. The van der Waals surface area contributed by atoms with Crippen LogP contribution in [0.5, 0.6) is 0 Å². The number of allylic oxidation sites excluding steroid dienone is 1. The van der Waals surface area contributed by atoms with Gasteiger partial charge in [0.05, 0.1) is 31.5 Å². The molecule has 0 amide bonds. The van der Waals surface area contributed by atoms with Crippen LogP contribution in [-0.4, -0.2) is 26.4 Å². The van der Waals surface area contributed by atoms with Crippen LogP contribution in [0.1, 0.15) is 0 Å². The topological polar surface area (TPSA) is 91.1 Å². The second kappa shape index (κ2) is 5.82. The third kappa shape index (κ3) is 2.80. The second-order valence-electron chi connectivity index (χ2n) is 6.57. The van der Waals surface area contributed by atoms with Crippen LogP contribution in [0, 0.1) is 0 Å². The molecule has 1 saturated heterocycles. The molecule has 0 bridgehead atoms. The zero-order chi connectivity index (χ0) is 18.5. The highest BCUT2D eigenvalue weighted by molar-refractivity contribution is 5.84. The highest BCUT2D eigenvalue weighted by atomic mass is 16.6. The summed E-state index contributed by atoms with van der Waals surface area (Å²) >= 11 is 0. The van der Waals surface area contributed by atoms with Crippen molar-refractivity contribution in [2.75, 3.05) is 6.61 Å². The van der Waals surface area contributed by atoms with Crippen LogP contribution in [0.3, 0.4) is 0 Å². The third-order valence-corrected chi connectivity index (χ3v) is 4.68. The predicted octanol–water partition coefficient (Wildman–Crippen LogP) is 0.584. The first-order chi connectivity index (χ1) is 13.1. The van der Waals surface area contributed by atoms with Crippen molar-refractivity contribution in [3.05, 3.63) is 85.9 Å². The average molecular weight is 365 g/mol. The van der Waals surface area contributed by atoms with E-state index in [1.807, 2.05) is 30.3 Å². The Hall–Kier alpha value is -3.39. The summed E-state index contributed by atoms with van der Waals surface area (Å²) in [5, 5.41) is 1.88. The van der Waals surface area contributed by atoms with Gasteiger partial charge in [-0.05, 0) is 22.9 Å². The lowest BCUT2D eigenvalue weighted by Crippen LogP contribution is -2.54. The van der Waals surface area contributed by atoms with Crippen LogP contribution in [0.25, 0.3) is 16.5 Å². The number of fused-ring (bicyclic) bond motifs is 1.